The maximum atomic E-state index is 11.7. The minimum Gasteiger partial charge on any atom is -0.376 e. The van der Waals surface area contributed by atoms with Crippen LogP contribution in [0.4, 0.5) is 0 Å². The summed E-state index contributed by atoms with van der Waals surface area (Å²) in [5.74, 6) is 1.08. The van der Waals surface area contributed by atoms with Crippen LogP contribution >= 0.6 is 0 Å². The van der Waals surface area contributed by atoms with Crippen LogP contribution in [0.1, 0.15) is 46.0 Å². The van der Waals surface area contributed by atoms with Crippen LogP contribution in [0.5, 0.6) is 0 Å². The Bertz CT molecular complexity index is 380. The normalized spacial score (nSPS) is 26.1. The largest absolute Gasteiger partial charge is 0.376 e. The molecule has 1 amide bonds. The van der Waals surface area contributed by atoms with Crippen LogP contribution in [0.15, 0.2) is 4.99 Å². The lowest BCUT2D eigenvalue weighted by Gasteiger charge is -2.22. The highest BCUT2D eigenvalue weighted by Gasteiger charge is 2.25. The van der Waals surface area contributed by atoms with Crippen molar-refractivity contribution in [3.05, 3.63) is 0 Å². The van der Waals surface area contributed by atoms with Gasteiger partial charge in [-0.05, 0) is 32.6 Å². The molecule has 2 aliphatic rings. The zero-order chi connectivity index (χ0) is 15.8. The second-order valence-corrected chi connectivity index (χ2v) is 6.03. The number of hydrogen-bond donors (Lipinski definition) is 2. The van der Waals surface area contributed by atoms with Crippen molar-refractivity contribution in [3.8, 4) is 0 Å². The average Bonchev–Trinajstić information content (AvgIpc) is 3.01. The molecule has 0 aromatic carbocycles. The zero-order valence-electron chi connectivity index (χ0n) is 13.9. The Morgan fingerprint density at radius 3 is 2.86 bits per heavy atom. The Morgan fingerprint density at radius 1 is 1.32 bits per heavy atom. The highest BCUT2D eigenvalue weighted by Crippen LogP contribution is 2.13. The molecule has 0 aromatic rings. The second kappa shape index (κ2) is 8.98. The lowest BCUT2D eigenvalue weighted by molar-refractivity contribution is -0.129. The molecule has 2 N–H and O–H groups in total. The van der Waals surface area contributed by atoms with Crippen LogP contribution in [0, 0.1) is 0 Å². The quantitative estimate of drug-likeness (QED) is 0.590. The molecule has 0 saturated carbocycles. The smallest absolute Gasteiger partial charge is 0.222 e. The van der Waals surface area contributed by atoms with Crippen LogP contribution in [-0.2, 0) is 9.53 Å². The topological polar surface area (TPSA) is 66.0 Å². The number of hydrogen-bond acceptors (Lipinski definition) is 3. The minimum atomic E-state index is 0.238. The summed E-state index contributed by atoms with van der Waals surface area (Å²) in [4.78, 5) is 18.3. The van der Waals surface area contributed by atoms with Crippen LogP contribution in [0.3, 0.4) is 0 Å². The van der Waals surface area contributed by atoms with Crippen molar-refractivity contribution in [2.75, 3.05) is 32.8 Å². The molecule has 0 aliphatic carbocycles. The third kappa shape index (κ3) is 5.16. The van der Waals surface area contributed by atoms with Crippen LogP contribution in [0.25, 0.3) is 0 Å². The van der Waals surface area contributed by atoms with Gasteiger partial charge in [0.1, 0.15) is 0 Å². The van der Waals surface area contributed by atoms with E-state index in [0.717, 1.165) is 45.0 Å². The van der Waals surface area contributed by atoms with E-state index in [-0.39, 0.29) is 12.0 Å². The number of nitrogens with one attached hydrogen (secondary N) is 2. The van der Waals surface area contributed by atoms with Gasteiger partial charge < -0.3 is 20.3 Å². The van der Waals surface area contributed by atoms with Gasteiger partial charge >= 0.3 is 0 Å². The van der Waals surface area contributed by atoms with E-state index in [2.05, 4.69) is 22.5 Å². The maximum absolute atomic E-state index is 11.7. The number of amides is 1. The fourth-order valence-electron chi connectivity index (χ4n) is 2.99. The first-order valence-corrected chi connectivity index (χ1v) is 8.67. The van der Waals surface area contributed by atoms with Gasteiger partial charge in [-0.25, -0.2) is 0 Å². The number of ether oxygens (including phenoxy) is 1. The fraction of sp³-hybridized carbons (Fsp3) is 0.875. The van der Waals surface area contributed by atoms with Crippen molar-refractivity contribution in [3.63, 3.8) is 0 Å². The van der Waals surface area contributed by atoms with Gasteiger partial charge in [-0.3, -0.25) is 9.79 Å². The average molecular weight is 310 g/mol. The molecule has 2 saturated heterocycles. The van der Waals surface area contributed by atoms with Gasteiger partial charge in [0.05, 0.1) is 12.6 Å². The molecule has 2 heterocycles. The second-order valence-electron chi connectivity index (χ2n) is 6.03. The van der Waals surface area contributed by atoms with Crippen molar-refractivity contribution in [2.24, 2.45) is 4.99 Å². The lowest BCUT2D eigenvalue weighted by atomic mass is 10.1. The number of rotatable bonds is 5. The van der Waals surface area contributed by atoms with Gasteiger partial charge in [0.25, 0.3) is 0 Å². The Morgan fingerprint density at radius 2 is 2.18 bits per heavy atom. The van der Waals surface area contributed by atoms with E-state index in [1.807, 2.05) is 11.8 Å². The molecule has 0 radical (unpaired) electrons. The lowest BCUT2D eigenvalue weighted by Crippen LogP contribution is -2.45. The van der Waals surface area contributed by atoms with E-state index in [1.54, 1.807) is 0 Å². The highest BCUT2D eigenvalue weighted by atomic mass is 16.5. The van der Waals surface area contributed by atoms with Crippen molar-refractivity contribution in [1.82, 2.24) is 15.5 Å². The molecule has 6 heteroatoms. The van der Waals surface area contributed by atoms with Crippen LogP contribution in [0.2, 0.25) is 0 Å². The van der Waals surface area contributed by atoms with Crippen molar-refractivity contribution >= 4 is 11.9 Å². The van der Waals surface area contributed by atoms with Crippen LogP contribution in [-0.4, -0.2) is 61.7 Å². The van der Waals surface area contributed by atoms with E-state index in [1.165, 1.54) is 12.8 Å². The van der Waals surface area contributed by atoms with E-state index >= 15 is 0 Å². The standard InChI is InChI=1S/C16H30N4O2/c1-3-15(21)20-9-8-13(12-20)19-16(17-4-2)18-11-14-7-5-6-10-22-14/h13-14H,3-12H2,1-2H3,(H2,17,18,19). The van der Waals surface area contributed by atoms with E-state index in [9.17, 15) is 4.79 Å². The summed E-state index contributed by atoms with van der Waals surface area (Å²) < 4.78 is 5.72. The Hall–Kier alpha value is -1.30. The van der Waals surface area contributed by atoms with Crippen LogP contribution < -0.4 is 10.6 Å². The Balaban J connectivity index is 1.81. The SMILES string of the molecule is CCNC(=NCC1CCCCO1)NC1CCN(C(=O)CC)C1. The van der Waals surface area contributed by atoms with Crippen molar-refractivity contribution in [2.45, 2.75) is 58.1 Å². The first-order valence-electron chi connectivity index (χ1n) is 8.67. The molecule has 0 spiro atoms. The third-order valence-corrected chi connectivity index (χ3v) is 4.26. The molecule has 22 heavy (non-hydrogen) atoms. The number of carbonyl (C=O) groups is 1. The minimum absolute atomic E-state index is 0.238. The Labute approximate surface area is 133 Å². The van der Waals surface area contributed by atoms with Gasteiger partial charge in [-0.1, -0.05) is 6.92 Å². The molecular formula is C16H30N4O2. The van der Waals surface area contributed by atoms with Crippen molar-refractivity contribution < 1.29 is 9.53 Å². The van der Waals surface area contributed by atoms with Gasteiger partial charge in [-0.2, -0.15) is 0 Å². The Kier molecular flexibility index (Phi) is 6.96. The fourth-order valence-corrected chi connectivity index (χ4v) is 2.99. The zero-order valence-corrected chi connectivity index (χ0v) is 13.9. The molecule has 2 fully saturated rings. The maximum Gasteiger partial charge on any atom is 0.222 e. The molecule has 2 aliphatic heterocycles. The molecule has 2 unspecified atom stereocenters. The molecule has 0 bridgehead atoms. The molecule has 2 rings (SSSR count). The third-order valence-electron chi connectivity index (χ3n) is 4.26. The molecule has 2 atom stereocenters. The monoisotopic (exact) mass is 310 g/mol. The highest BCUT2D eigenvalue weighted by molar-refractivity contribution is 5.80. The summed E-state index contributed by atoms with van der Waals surface area (Å²) >= 11 is 0. The molecular weight excluding hydrogens is 280 g/mol. The first kappa shape index (κ1) is 17.1. The predicted octanol–water partition coefficient (Wildman–Crippen LogP) is 1.12. The van der Waals surface area contributed by atoms with Gasteiger partial charge in [-0.15, -0.1) is 0 Å². The number of likely N-dealkylation sites (tertiary alicyclic amines) is 1. The number of guanidine groups is 1. The summed E-state index contributed by atoms with van der Waals surface area (Å²) in [7, 11) is 0. The molecule has 126 valence electrons. The van der Waals surface area contributed by atoms with Gasteiger partial charge in [0.15, 0.2) is 5.96 Å². The summed E-state index contributed by atoms with van der Waals surface area (Å²) in [6.45, 7) is 8.00. The van der Waals surface area contributed by atoms with Gasteiger partial charge in [0, 0.05) is 38.7 Å². The first-order chi connectivity index (χ1) is 10.7. The summed E-state index contributed by atoms with van der Waals surface area (Å²) in [5, 5.41) is 6.74. The van der Waals surface area contributed by atoms with Gasteiger partial charge in [0.2, 0.25) is 5.91 Å². The summed E-state index contributed by atoms with van der Waals surface area (Å²) in [6, 6.07) is 0.292. The van der Waals surface area contributed by atoms with Crippen molar-refractivity contribution in [1.29, 1.82) is 0 Å². The number of nitrogens with zero attached hydrogens (tertiary/aromatic N) is 2. The molecule has 0 aromatic heterocycles. The summed E-state index contributed by atoms with van der Waals surface area (Å²) in [5.41, 5.74) is 0. The molecule has 6 nitrogen and oxygen atoms in total. The number of carbonyl (C=O) groups excluding carboxylic acids is 1. The predicted molar refractivity (Wildman–Crippen MR) is 88.0 cm³/mol. The van der Waals surface area contributed by atoms with E-state index in [0.29, 0.717) is 19.0 Å². The van der Waals surface area contributed by atoms with E-state index < -0.39 is 0 Å². The van der Waals surface area contributed by atoms with E-state index in [4.69, 9.17) is 4.74 Å². The number of aliphatic imine (C=N–C) groups is 1. The summed E-state index contributed by atoms with van der Waals surface area (Å²) in [6.07, 6.45) is 5.33.